The van der Waals surface area contributed by atoms with E-state index in [0.29, 0.717) is 5.75 Å². The number of urea groups is 1. The second-order valence-corrected chi connectivity index (χ2v) is 6.29. The first kappa shape index (κ1) is 15.9. The maximum atomic E-state index is 11.7. The average molecular weight is 358 g/mol. The van der Waals surface area contributed by atoms with Gasteiger partial charge in [-0.05, 0) is 41.6 Å². The molecular formula is C14H20BrN3O3. The van der Waals surface area contributed by atoms with Gasteiger partial charge in [-0.25, -0.2) is 4.79 Å². The van der Waals surface area contributed by atoms with Crippen LogP contribution in [0.4, 0.5) is 4.79 Å². The van der Waals surface area contributed by atoms with Crippen LogP contribution in [0.15, 0.2) is 21.5 Å². The minimum Gasteiger partial charge on any atom is -0.489 e. The number of nitrogens with zero attached hydrogens (tertiary/aromatic N) is 2. The van der Waals surface area contributed by atoms with Crippen molar-refractivity contribution in [1.82, 2.24) is 9.47 Å². The van der Waals surface area contributed by atoms with Crippen molar-refractivity contribution in [1.29, 1.82) is 0 Å². The first-order valence-corrected chi connectivity index (χ1v) is 7.73. The van der Waals surface area contributed by atoms with Crippen molar-refractivity contribution in [2.24, 2.45) is 12.8 Å². The number of rotatable bonds is 3. The number of hydrogen-bond acceptors (Lipinski definition) is 3. The van der Waals surface area contributed by atoms with Crippen molar-refractivity contribution in [3.05, 3.63) is 27.1 Å². The quantitative estimate of drug-likeness (QED) is 0.896. The van der Waals surface area contributed by atoms with Gasteiger partial charge in [-0.15, -0.1) is 0 Å². The van der Waals surface area contributed by atoms with Crippen LogP contribution in [-0.2, 0) is 7.05 Å². The normalized spacial score (nSPS) is 21.9. The summed E-state index contributed by atoms with van der Waals surface area (Å²) >= 11 is 3.41. The van der Waals surface area contributed by atoms with E-state index in [1.807, 2.05) is 0 Å². The molecule has 0 spiro atoms. The highest BCUT2D eigenvalue weighted by Gasteiger charge is 2.27. The average Bonchev–Trinajstić information content (AvgIpc) is 2.44. The summed E-state index contributed by atoms with van der Waals surface area (Å²) in [6.45, 7) is 0. The number of ether oxygens (including phenoxy) is 1. The number of aryl methyl sites for hydroxylation is 1. The van der Waals surface area contributed by atoms with Crippen LogP contribution >= 0.6 is 15.9 Å². The first-order valence-electron chi connectivity index (χ1n) is 6.93. The Kier molecular flexibility index (Phi) is 4.92. The van der Waals surface area contributed by atoms with E-state index < -0.39 is 6.03 Å². The van der Waals surface area contributed by atoms with Gasteiger partial charge in [-0.2, -0.15) is 0 Å². The molecule has 2 amide bonds. The molecule has 1 aliphatic rings. The molecule has 0 atom stereocenters. The molecule has 0 aliphatic heterocycles. The van der Waals surface area contributed by atoms with Crippen LogP contribution in [0.2, 0.25) is 0 Å². The summed E-state index contributed by atoms with van der Waals surface area (Å²) < 4.78 is 8.18. The third kappa shape index (κ3) is 3.78. The van der Waals surface area contributed by atoms with Gasteiger partial charge < -0.3 is 19.9 Å². The molecule has 2 rings (SSSR count). The number of halogens is 1. The van der Waals surface area contributed by atoms with Gasteiger partial charge in [0.1, 0.15) is 5.75 Å². The Morgan fingerprint density at radius 2 is 2.05 bits per heavy atom. The van der Waals surface area contributed by atoms with Gasteiger partial charge >= 0.3 is 6.03 Å². The summed E-state index contributed by atoms with van der Waals surface area (Å²) in [5.74, 6) is 0.574. The van der Waals surface area contributed by atoms with E-state index in [0.717, 1.165) is 30.2 Å². The molecule has 0 bridgehead atoms. The highest BCUT2D eigenvalue weighted by Crippen LogP contribution is 2.29. The molecular weight excluding hydrogens is 338 g/mol. The molecule has 0 saturated heterocycles. The lowest BCUT2D eigenvalue weighted by atomic mass is 9.92. The van der Waals surface area contributed by atoms with Gasteiger partial charge in [0.15, 0.2) is 0 Å². The second-order valence-electron chi connectivity index (χ2n) is 5.43. The predicted octanol–water partition coefficient (Wildman–Crippen LogP) is 1.85. The number of carbonyl (C=O) groups excluding carboxylic acids is 1. The molecule has 0 aromatic carbocycles. The molecule has 1 fully saturated rings. The van der Waals surface area contributed by atoms with Crippen LogP contribution < -0.4 is 16.0 Å². The fraction of sp³-hybridized carbons (Fsp3) is 0.571. The zero-order valence-corrected chi connectivity index (χ0v) is 13.8. The molecule has 1 aromatic heterocycles. The van der Waals surface area contributed by atoms with Crippen molar-refractivity contribution in [3.63, 3.8) is 0 Å². The smallest absolute Gasteiger partial charge is 0.314 e. The van der Waals surface area contributed by atoms with Gasteiger partial charge in [0.2, 0.25) is 0 Å². The summed E-state index contributed by atoms with van der Waals surface area (Å²) in [6.07, 6.45) is 5.14. The number of carbonyl (C=O) groups is 1. The molecule has 7 heteroatoms. The molecule has 2 N–H and O–H groups in total. The molecule has 0 radical (unpaired) electrons. The lowest BCUT2D eigenvalue weighted by Gasteiger charge is -2.34. The Morgan fingerprint density at radius 1 is 1.43 bits per heavy atom. The zero-order valence-electron chi connectivity index (χ0n) is 12.2. The lowest BCUT2D eigenvalue weighted by molar-refractivity contribution is 0.110. The fourth-order valence-corrected chi connectivity index (χ4v) is 3.10. The second kappa shape index (κ2) is 6.51. The third-order valence-corrected chi connectivity index (χ3v) is 4.57. The van der Waals surface area contributed by atoms with Crippen molar-refractivity contribution in [3.8, 4) is 5.75 Å². The summed E-state index contributed by atoms with van der Waals surface area (Å²) in [5, 5.41) is 0. The third-order valence-electron chi connectivity index (χ3n) is 3.98. The Balaban J connectivity index is 1.96. The van der Waals surface area contributed by atoms with E-state index in [9.17, 15) is 9.59 Å². The summed E-state index contributed by atoms with van der Waals surface area (Å²) in [5.41, 5.74) is 5.19. The van der Waals surface area contributed by atoms with E-state index in [2.05, 4.69) is 15.9 Å². The van der Waals surface area contributed by atoms with Crippen molar-refractivity contribution in [2.75, 3.05) is 7.05 Å². The van der Waals surface area contributed by atoms with Crippen molar-refractivity contribution >= 4 is 22.0 Å². The Labute approximate surface area is 132 Å². The maximum absolute atomic E-state index is 11.7. The molecule has 1 aromatic rings. The van der Waals surface area contributed by atoms with Gasteiger partial charge in [-0.3, -0.25) is 4.79 Å². The highest BCUT2D eigenvalue weighted by atomic mass is 79.9. The minimum absolute atomic E-state index is 0.0610. The summed E-state index contributed by atoms with van der Waals surface area (Å²) in [4.78, 5) is 24.4. The van der Waals surface area contributed by atoms with Crippen molar-refractivity contribution in [2.45, 2.75) is 37.8 Å². The van der Waals surface area contributed by atoms with E-state index >= 15 is 0 Å². The number of amides is 2. The number of pyridine rings is 1. The number of aromatic nitrogens is 1. The Hall–Kier alpha value is -1.50. The van der Waals surface area contributed by atoms with E-state index in [4.69, 9.17) is 10.5 Å². The number of primary amides is 1. The monoisotopic (exact) mass is 357 g/mol. The van der Waals surface area contributed by atoms with E-state index in [1.54, 1.807) is 25.2 Å². The fourth-order valence-electron chi connectivity index (χ4n) is 2.58. The first-order chi connectivity index (χ1) is 9.88. The standard InChI is InChI=1S/C14H20BrN3O3/c1-17-8-11(15)12(7-13(17)19)21-10-5-3-9(4-6-10)18(2)14(16)20/h7-10H,3-6H2,1-2H3,(H2,16,20)/t9-,10-. The van der Waals surface area contributed by atoms with Crippen LogP contribution in [0.3, 0.4) is 0 Å². The van der Waals surface area contributed by atoms with Gasteiger partial charge in [0, 0.05) is 32.4 Å². The topological polar surface area (TPSA) is 77.6 Å². The van der Waals surface area contributed by atoms with Gasteiger partial charge in [-0.1, -0.05) is 0 Å². The summed E-state index contributed by atoms with van der Waals surface area (Å²) in [6, 6.07) is 1.27. The summed E-state index contributed by atoms with van der Waals surface area (Å²) in [7, 11) is 3.42. The molecule has 1 saturated carbocycles. The molecule has 1 aliphatic carbocycles. The molecule has 6 nitrogen and oxygen atoms in total. The molecule has 1 heterocycles. The molecule has 0 unspecified atom stereocenters. The maximum Gasteiger partial charge on any atom is 0.314 e. The zero-order chi connectivity index (χ0) is 15.6. The van der Waals surface area contributed by atoms with Gasteiger partial charge in [0.25, 0.3) is 5.56 Å². The SMILES string of the molecule is Cn1cc(Br)c(O[C@H]2CC[C@H](N(C)C(N)=O)CC2)cc1=O. The predicted molar refractivity (Wildman–Crippen MR) is 83.4 cm³/mol. The van der Waals surface area contributed by atoms with Crippen molar-refractivity contribution < 1.29 is 9.53 Å². The Morgan fingerprint density at radius 3 is 2.62 bits per heavy atom. The van der Waals surface area contributed by atoms with E-state index in [1.165, 1.54) is 10.6 Å². The van der Waals surface area contributed by atoms with Crippen LogP contribution in [0.5, 0.6) is 5.75 Å². The highest BCUT2D eigenvalue weighted by molar-refractivity contribution is 9.10. The van der Waals surface area contributed by atoms with E-state index in [-0.39, 0.29) is 17.7 Å². The van der Waals surface area contributed by atoms with Crippen LogP contribution in [-0.4, -0.2) is 34.7 Å². The Bertz CT molecular complexity index is 579. The number of hydrogen-bond donors (Lipinski definition) is 1. The van der Waals surface area contributed by atoms with Crippen LogP contribution in [0.1, 0.15) is 25.7 Å². The molecule has 116 valence electrons. The van der Waals surface area contributed by atoms with Crippen LogP contribution in [0, 0.1) is 0 Å². The molecule has 21 heavy (non-hydrogen) atoms. The largest absolute Gasteiger partial charge is 0.489 e. The lowest BCUT2D eigenvalue weighted by Crippen LogP contribution is -2.43. The van der Waals surface area contributed by atoms with Gasteiger partial charge in [0.05, 0.1) is 10.6 Å². The number of nitrogens with two attached hydrogens (primary N) is 1. The van der Waals surface area contributed by atoms with Crippen LogP contribution in [0.25, 0.3) is 0 Å². The minimum atomic E-state index is -0.395.